The molecule has 0 bridgehead atoms. The molecule has 0 saturated carbocycles. The summed E-state index contributed by atoms with van der Waals surface area (Å²) < 4.78 is 12.9. The van der Waals surface area contributed by atoms with Gasteiger partial charge in [-0.05, 0) is 48.0 Å². The molecular formula is C18H11ClFN3O3S. The van der Waals surface area contributed by atoms with Crippen molar-refractivity contribution in [3.63, 3.8) is 0 Å². The number of aromatic carboxylic acids is 1. The van der Waals surface area contributed by atoms with Crippen LogP contribution in [0.25, 0.3) is 11.1 Å². The first kappa shape index (κ1) is 18.7. The summed E-state index contributed by atoms with van der Waals surface area (Å²) in [5.41, 5.74) is 1.27. The van der Waals surface area contributed by atoms with Crippen LogP contribution in [0.1, 0.15) is 30.7 Å². The van der Waals surface area contributed by atoms with E-state index >= 15 is 0 Å². The van der Waals surface area contributed by atoms with E-state index < -0.39 is 17.7 Å². The van der Waals surface area contributed by atoms with Crippen molar-refractivity contribution in [3.8, 4) is 0 Å². The Morgan fingerprint density at radius 2 is 1.67 bits per heavy atom. The van der Waals surface area contributed by atoms with E-state index in [9.17, 15) is 14.0 Å². The molecule has 0 spiro atoms. The third-order valence-corrected chi connectivity index (χ3v) is 4.73. The van der Waals surface area contributed by atoms with E-state index in [1.165, 1.54) is 36.4 Å². The van der Waals surface area contributed by atoms with Crippen LogP contribution in [0.15, 0.2) is 48.5 Å². The lowest BCUT2D eigenvalue weighted by Gasteiger charge is -2.01. The molecule has 2 aromatic carbocycles. The molecule has 0 aliphatic rings. The molecule has 9 heteroatoms. The van der Waals surface area contributed by atoms with Crippen LogP contribution in [0.2, 0.25) is 0 Å². The molecule has 1 aromatic heterocycles. The van der Waals surface area contributed by atoms with Gasteiger partial charge in [0.2, 0.25) is 5.01 Å². The van der Waals surface area contributed by atoms with E-state index in [-0.39, 0.29) is 15.6 Å². The Morgan fingerprint density at radius 1 is 1.04 bits per heavy atom. The minimum absolute atomic E-state index is 0.0992. The van der Waals surface area contributed by atoms with E-state index in [0.29, 0.717) is 16.3 Å². The highest BCUT2D eigenvalue weighted by molar-refractivity contribution is 7.15. The third-order valence-electron chi connectivity index (χ3n) is 3.38. The second-order valence-corrected chi connectivity index (χ2v) is 6.68. The van der Waals surface area contributed by atoms with Crippen LogP contribution in [-0.4, -0.2) is 27.2 Å². The maximum Gasteiger partial charge on any atom is 0.335 e. The number of carbonyl (C=O) groups is 2. The summed E-state index contributed by atoms with van der Waals surface area (Å²) in [5.74, 6) is -1.90. The first-order valence-electron chi connectivity index (χ1n) is 7.54. The fourth-order valence-electron chi connectivity index (χ4n) is 2.06. The van der Waals surface area contributed by atoms with Gasteiger partial charge in [0.1, 0.15) is 5.82 Å². The van der Waals surface area contributed by atoms with Crippen LogP contribution in [0.3, 0.4) is 0 Å². The zero-order valence-electron chi connectivity index (χ0n) is 13.5. The molecule has 0 radical (unpaired) electrons. The van der Waals surface area contributed by atoms with Crippen LogP contribution in [0, 0.1) is 5.82 Å². The number of carboxylic acids is 1. The fourth-order valence-corrected chi connectivity index (χ4v) is 2.99. The Bertz CT molecular complexity index is 1020. The van der Waals surface area contributed by atoms with Gasteiger partial charge in [-0.3, -0.25) is 4.79 Å². The lowest BCUT2D eigenvalue weighted by molar-refractivity contribution is 0.0696. The number of hydrogen-bond donors (Lipinski definition) is 2. The van der Waals surface area contributed by atoms with Crippen LogP contribution in [-0.2, 0) is 0 Å². The number of rotatable bonds is 5. The SMILES string of the molecule is O=C(O)c1ccc(/C=C(\Cl)c2nnc(C(=O)Nc3ccc(F)cc3)s2)cc1. The first-order valence-corrected chi connectivity index (χ1v) is 8.73. The van der Waals surface area contributed by atoms with Crippen molar-refractivity contribution in [1.29, 1.82) is 0 Å². The lowest BCUT2D eigenvalue weighted by atomic mass is 10.1. The Hall–Kier alpha value is -3.10. The van der Waals surface area contributed by atoms with E-state index in [1.54, 1.807) is 18.2 Å². The van der Waals surface area contributed by atoms with Gasteiger partial charge in [-0.2, -0.15) is 0 Å². The molecule has 0 unspecified atom stereocenters. The molecule has 0 atom stereocenters. The van der Waals surface area contributed by atoms with Crippen LogP contribution in [0.4, 0.5) is 10.1 Å². The number of amides is 1. The summed E-state index contributed by atoms with van der Waals surface area (Å²) >= 11 is 7.21. The average molecular weight is 404 g/mol. The monoisotopic (exact) mass is 403 g/mol. The Balaban J connectivity index is 1.72. The number of halogens is 2. The molecule has 0 fully saturated rings. The summed E-state index contributed by atoms with van der Waals surface area (Å²) in [5, 5.41) is 19.9. The molecule has 6 nitrogen and oxygen atoms in total. The van der Waals surface area contributed by atoms with Gasteiger partial charge in [0.05, 0.1) is 10.6 Å². The molecule has 27 heavy (non-hydrogen) atoms. The molecule has 3 aromatic rings. The number of benzene rings is 2. The predicted molar refractivity (Wildman–Crippen MR) is 101 cm³/mol. The predicted octanol–water partition coefficient (Wildman–Crippen LogP) is 4.36. The summed E-state index contributed by atoms with van der Waals surface area (Å²) in [7, 11) is 0. The zero-order valence-corrected chi connectivity index (χ0v) is 15.1. The van der Waals surface area contributed by atoms with Gasteiger partial charge in [0.15, 0.2) is 5.01 Å². The Labute approximate surface area is 161 Å². The van der Waals surface area contributed by atoms with Crippen LogP contribution >= 0.6 is 22.9 Å². The van der Waals surface area contributed by atoms with E-state index in [1.807, 2.05) is 0 Å². The fraction of sp³-hybridized carbons (Fsp3) is 0. The first-order chi connectivity index (χ1) is 12.9. The molecular weight excluding hydrogens is 393 g/mol. The number of carboxylic acid groups (broad SMARTS) is 1. The highest BCUT2D eigenvalue weighted by Crippen LogP contribution is 2.26. The summed E-state index contributed by atoms with van der Waals surface area (Å²) in [6.45, 7) is 0. The molecule has 0 saturated heterocycles. The van der Waals surface area contributed by atoms with Gasteiger partial charge in [0.25, 0.3) is 5.91 Å². The summed E-state index contributed by atoms with van der Waals surface area (Å²) in [4.78, 5) is 23.0. The molecule has 3 rings (SSSR count). The highest BCUT2D eigenvalue weighted by Gasteiger charge is 2.15. The van der Waals surface area contributed by atoms with Crippen LogP contribution < -0.4 is 5.32 Å². The minimum Gasteiger partial charge on any atom is -0.478 e. The second kappa shape index (κ2) is 8.07. The average Bonchev–Trinajstić information content (AvgIpc) is 3.14. The Morgan fingerprint density at radius 3 is 2.30 bits per heavy atom. The maximum absolute atomic E-state index is 12.9. The molecule has 2 N–H and O–H groups in total. The van der Waals surface area contributed by atoms with Crippen molar-refractivity contribution in [3.05, 3.63) is 75.5 Å². The van der Waals surface area contributed by atoms with Gasteiger partial charge < -0.3 is 10.4 Å². The van der Waals surface area contributed by atoms with Crippen molar-refractivity contribution < 1.29 is 19.1 Å². The maximum atomic E-state index is 12.9. The highest BCUT2D eigenvalue weighted by atomic mass is 35.5. The number of nitrogens with one attached hydrogen (secondary N) is 1. The number of hydrogen-bond acceptors (Lipinski definition) is 5. The normalized spacial score (nSPS) is 11.3. The van der Waals surface area contributed by atoms with E-state index in [4.69, 9.17) is 16.7 Å². The molecule has 1 heterocycles. The largest absolute Gasteiger partial charge is 0.478 e. The standard InChI is InChI=1S/C18H11ClFN3O3S/c19-14(9-10-1-3-11(4-2-10)18(25)26)16-22-23-17(27-16)15(24)21-13-7-5-12(20)6-8-13/h1-9H,(H,21,24)(H,25,26)/b14-9-. The van der Waals surface area contributed by atoms with Crippen molar-refractivity contribution in [2.45, 2.75) is 0 Å². The zero-order chi connectivity index (χ0) is 19.4. The molecule has 1 amide bonds. The second-order valence-electron chi connectivity index (χ2n) is 5.29. The van der Waals surface area contributed by atoms with Crippen LogP contribution in [0.5, 0.6) is 0 Å². The topological polar surface area (TPSA) is 92.2 Å². The van der Waals surface area contributed by atoms with Crippen molar-refractivity contribution in [2.24, 2.45) is 0 Å². The van der Waals surface area contributed by atoms with Crippen molar-refractivity contribution in [1.82, 2.24) is 10.2 Å². The summed E-state index contributed by atoms with van der Waals surface area (Å²) in [6, 6.07) is 11.5. The van der Waals surface area contributed by atoms with E-state index in [0.717, 1.165) is 11.3 Å². The molecule has 0 aliphatic carbocycles. The van der Waals surface area contributed by atoms with Gasteiger partial charge in [-0.25, -0.2) is 9.18 Å². The van der Waals surface area contributed by atoms with Gasteiger partial charge >= 0.3 is 5.97 Å². The van der Waals surface area contributed by atoms with Crippen molar-refractivity contribution >= 4 is 51.6 Å². The lowest BCUT2D eigenvalue weighted by Crippen LogP contribution is -2.11. The molecule has 0 aliphatic heterocycles. The van der Waals surface area contributed by atoms with Gasteiger partial charge in [0, 0.05) is 5.69 Å². The van der Waals surface area contributed by atoms with Gasteiger partial charge in [-0.15, -0.1) is 10.2 Å². The Kier molecular flexibility index (Phi) is 5.58. The number of aromatic nitrogens is 2. The minimum atomic E-state index is -1.02. The molecule has 136 valence electrons. The van der Waals surface area contributed by atoms with E-state index in [2.05, 4.69) is 15.5 Å². The number of carbonyl (C=O) groups excluding carboxylic acids is 1. The number of anilines is 1. The third kappa shape index (κ3) is 4.75. The van der Waals surface area contributed by atoms with Crippen molar-refractivity contribution in [2.75, 3.05) is 5.32 Å². The quantitative estimate of drug-likeness (QED) is 0.660. The number of nitrogens with zero attached hydrogens (tertiary/aromatic N) is 2. The smallest absolute Gasteiger partial charge is 0.335 e. The van der Waals surface area contributed by atoms with Gasteiger partial charge in [-0.1, -0.05) is 35.1 Å². The summed E-state index contributed by atoms with van der Waals surface area (Å²) in [6.07, 6.45) is 1.59.